The number of aromatic nitrogens is 1. The average molecular weight is 431 g/mol. The first-order valence-electron chi connectivity index (χ1n) is 9.77. The van der Waals surface area contributed by atoms with Crippen molar-refractivity contribution in [2.45, 2.75) is 6.92 Å². The third-order valence-electron chi connectivity index (χ3n) is 5.02. The number of ether oxygens (including phenoxy) is 3. The lowest BCUT2D eigenvalue weighted by Gasteiger charge is -2.12. The van der Waals surface area contributed by atoms with Crippen LogP contribution in [0, 0.1) is 6.92 Å². The molecule has 32 heavy (non-hydrogen) atoms. The monoisotopic (exact) mass is 431 g/mol. The Morgan fingerprint density at radius 1 is 0.844 bits per heavy atom. The molecule has 4 aromatic rings. The molecule has 0 aliphatic heterocycles. The van der Waals surface area contributed by atoms with Gasteiger partial charge in [-0.2, -0.15) is 0 Å². The van der Waals surface area contributed by atoms with Crippen molar-refractivity contribution in [1.82, 2.24) is 4.98 Å². The maximum absolute atomic E-state index is 12.8. The van der Waals surface area contributed by atoms with Gasteiger partial charge in [-0.25, -0.2) is 0 Å². The molecule has 162 valence electrons. The van der Waals surface area contributed by atoms with Crippen molar-refractivity contribution in [3.8, 4) is 34.5 Å². The van der Waals surface area contributed by atoms with Crippen LogP contribution in [0.3, 0.4) is 0 Å². The maximum atomic E-state index is 12.8. The fourth-order valence-corrected chi connectivity index (χ4v) is 3.46. The summed E-state index contributed by atoms with van der Waals surface area (Å²) in [6.45, 7) is 1.72. The number of carbonyl (C=O) groups excluding carboxylic acids is 1. The van der Waals surface area contributed by atoms with E-state index in [1.807, 2.05) is 0 Å². The largest absolute Gasteiger partial charge is 0.507 e. The van der Waals surface area contributed by atoms with Crippen LogP contribution in [0.4, 0.5) is 0 Å². The normalized spacial score (nSPS) is 10.7. The maximum Gasteiger partial charge on any atom is 0.200 e. The second kappa shape index (κ2) is 8.47. The molecule has 0 unspecified atom stereocenters. The summed E-state index contributed by atoms with van der Waals surface area (Å²) in [7, 11) is 3.11. The molecule has 3 aromatic carbocycles. The van der Waals surface area contributed by atoms with Crippen molar-refractivity contribution in [2.75, 3.05) is 14.2 Å². The number of phenolic OH excluding ortho intramolecular Hbond substituents is 2. The van der Waals surface area contributed by atoms with Gasteiger partial charge in [-0.1, -0.05) is 0 Å². The zero-order chi connectivity index (χ0) is 22.8. The molecule has 0 saturated heterocycles. The second-order valence-electron chi connectivity index (χ2n) is 7.17. The average Bonchev–Trinajstić information content (AvgIpc) is 2.78. The first-order chi connectivity index (χ1) is 15.4. The summed E-state index contributed by atoms with van der Waals surface area (Å²) in [5, 5.41) is 20.9. The number of fused-ring (bicyclic) bond motifs is 1. The van der Waals surface area contributed by atoms with E-state index in [4.69, 9.17) is 14.2 Å². The van der Waals surface area contributed by atoms with Crippen molar-refractivity contribution in [1.29, 1.82) is 0 Å². The number of ketones is 1. The van der Waals surface area contributed by atoms with Gasteiger partial charge in [-0.3, -0.25) is 9.78 Å². The summed E-state index contributed by atoms with van der Waals surface area (Å²) in [6.07, 6.45) is 1.63. The van der Waals surface area contributed by atoms with Crippen LogP contribution >= 0.6 is 0 Å². The Bertz CT molecular complexity index is 1290. The molecule has 0 fully saturated rings. The lowest BCUT2D eigenvalue weighted by molar-refractivity contribution is 0.103. The van der Waals surface area contributed by atoms with Crippen molar-refractivity contribution in [2.24, 2.45) is 0 Å². The van der Waals surface area contributed by atoms with E-state index in [0.717, 1.165) is 5.39 Å². The zero-order valence-electron chi connectivity index (χ0n) is 17.7. The van der Waals surface area contributed by atoms with Crippen molar-refractivity contribution >= 4 is 16.7 Å². The van der Waals surface area contributed by atoms with E-state index in [-0.39, 0.29) is 17.1 Å². The third kappa shape index (κ3) is 3.88. The van der Waals surface area contributed by atoms with Crippen LogP contribution < -0.4 is 14.2 Å². The summed E-state index contributed by atoms with van der Waals surface area (Å²) in [5.41, 5.74) is 1.50. The number of pyridine rings is 1. The van der Waals surface area contributed by atoms with Crippen LogP contribution in [0.1, 0.15) is 21.5 Å². The molecule has 1 heterocycles. The van der Waals surface area contributed by atoms with E-state index in [1.165, 1.54) is 12.1 Å². The molecule has 7 nitrogen and oxygen atoms in total. The number of hydrogen-bond donors (Lipinski definition) is 2. The molecule has 0 spiro atoms. The Kier molecular flexibility index (Phi) is 5.55. The number of phenols is 2. The topological polar surface area (TPSA) is 98.1 Å². The lowest BCUT2D eigenvalue weighted by atomic mass is 10.00. The first kappa shape index (κ1) is 21.0. The molecule has 7 heteroatoms. The summed E-state index contributed by atoms with van der Waals surface area (Å²) in [5.74, 6) is 1.16. The highest BCUT2D eigenvalue weighted by Crippen LogP contribution is 2.37. The molecule has 0 radical (unpaired) electrons. The molecule has 0 bridgehead atoms. The van der Waals surface area contributed by atoms with Gasteiger partial charge in [0.1, 0.15) is 28.6 Å². The van der Waals surface area contributed by atoms with E-state index in [0.29, 0.717) is 39.6 Å². The smallest absolute Gasteiger partial charge is 0.200 e. The molecule has 0 saturated carbocycles. The van der Waals surface area contributed by atoms with Crippen LogP contribution in [0.2, 0.25) is 0 Å². The summed E-state index contributed by atoms with van der Waals surface area (Å²) in [6, 6.07) is 14.6. The number of benzene rings is 3. The number of rotatable bonds is 6. The second-order valence-corrected chi connectivity index (χ2v) is 7.17. The van der Waals surface area contributed by atoms with Gasteiger partial charge in [0.15, 0.2) is 11.5 Å². The number of aromatic hydroxyl groups is 2. The molecule has 0 atom stereocenters. The summed E-state index contributed by atoms with van der Waals surface area (Å²) >= 11 is 0. The Balaban J connectivity index is 1.63. The number of carbonyl (C=O) groups is 1. The van der Waals surface area contributed by atoms with Crippen molar-refractivity contribution in [3.63, 3.8) is 0 Å². The summed E-state index contributed by atoms with van der Waals surface area (Å²) < 4.78 is 16.7. The lowest BCUT2D eigenvalue weighted by Crippen LogP contribution is -2.02. The zero-order valence-corrected chi connectivity index (χ0v) is 17.7. The van der Waals surface area contributed by atoms with E-state index in [9.17, 15) is 15.0 Å². The highest BCUT2D eigenvalue weighted by molar-refractivity contribution is 6.12. The minimum absolute atomic E-state index is 0.134. The predicted octanol–water partition coefficient (Wildman–Crippen LogP) is 4.99. The molecule has 4 rings (SSSR count). The van der Waals surface area contributed by atoms with Gasteiger partial charge < -0.3 is 24.4 Å². The van der Waals surface area contributed by atoms with Crippen LogP contribution in [0.15, 0.2) is 60.8 Å². The SMILES string of the molecule is COc1cc2nccc(Oc3ccc(C(=O)c4c(O)cc(C)cc4O)cc3)c2cc1OC. The molecule has 0 amide bonds. The molecule has 1 aromatic heterocycles. The van der Waals surface area contributed by atoms with E-state index >= 15 is 0 Å². The Morgan fingerprint density at radius 3 is 2.09 bits per heavy atom. The molecule has 0 aliphatic carbocycles. The number of methoxy groups -OCH3 is 2. The Morgan fingerprint density at radius 2 is 1.47 bits per heavy atom. The van der Waals surface area contributed by atoms with E-state index < -0.39 is 5.78 Å². The van der Waals surface area contributed by atoms with Crippen LogP contribution in [-0.4, -0.2) is 35.2 Å². The minimum atomic E-state index is -0.488. The van der Waals surface area contributed by atoms with Gasteiger partial charge in [0.05, 0.1) is 19.7 Å². The highest BCUT2D eigenvalue weighted by atomic mass is 16.5. The fraction of sp³-hybridized carbons (Fsp3) is 0.120. The third-order valence-corrected chi connectivity index (χ3v) is 5.02. The molecular weight excluding hydrogens is 410 g/mol. The van der Waals surface area contributed by atoms with Crippen molar-refractivity contribution in [3.05, 3.63) is 77.5 Å². The quantitative estimate of drug-likeness (QED) is 0.415. The van der Waals surface area contributed by atoms with Crippen LogP contribution in [0.5, 0.6) is 34.5 Å². The fourth-order valence-electron chi connectivity index (χ4n) is 3.46. The van der Waals surface area contributed by atoms with Gasteiger partial charge in [-0.15, -0.1) is 0 Å². The Labute approximate surface area is 184 Å². The van der Waals surface area contributed by atoms with Gasteiger partial charge in [0.2, 0.25) is 5.78 Å². The van der Waals surface area contributed by atoms with Crippen molar-refractivity contribution < 1.29 is 29.2 Å². The van der Waals surface area contributed by atoms with E-state index in [1.54, 1.807) is 69.8 Å². The number of nitrogens with zero attached hydrogens (tertiary/aromatic N) is 1. The Hall–Kier alpha value is -4.26. The number of aryl methyl sites for hydroxylation is 1. The molecular formula is C25H21NO6. The van der Waals surface area contributed by atoms with Crippen LogP contribution in [-0.2, 0) is 0 Å². The van der Waals surface area contributed by atoms with Crippen LogP contribution in [0.25, 0.3) is 10.9 Å². The first-order valence-corrected chi connectivity index (χ1v) is 9.77. The predicted molar refractivity (Wildman–Crippen MR) is 119 cm³/mol. The van der Waals surface area contributed by atoms with Gasteiger partial charge in [0, 0.05) is 23.2 Å². The standard InChI is InChI=1S/C25H21NO6/c1-14-10-19(27)24(20(28)11-14)25(29)15-4-6-16(7-5-15)32-21-8-9-26-18-13-23(31-3)22(30-2)12-17(18)21/h4-13,27-28H,1-3H3. The minimum Gasteiger partial charge on any atom is -0.507 e. The molecule has 0 aliphatic rings. The molecule has 2 N–H and O–H groups in total. The number of hydrogen-bond acceptors (Lipinski definition) is 7. The highest BCUT2D eigenvalue weighted by Gasteiger charge is 2.19. The van der Waals surface area contributed by atoms with E-state index in [2.05, 4.69) is 4.98 Å². The van der Waals surface area contributed by atoms with Gasteiger partial charge in [-0.05, 0) is 61.0 Å². The van der Waals surface area contributed by atoms with Gasteiger partial charge >= 0.3 is 0 Å². The summed E-state index contributed by atoms with van der Waals surface area (Å²) in [4.78, 5) is 17.1. The van der Waals surface area contributed by atoms with Gasteiger partial charge in [0.25, 0.3) is 0 Å².